The molecule has 0 fully saturated rings. The molecular formula is C19H27O4Si. The van der Waals surface area contributed by atoms with Gasteiger partial charge in [0.1, 0.15) is 6.29 Å². The van der Waals surface area contributed by atoms with E-state index in [0.29, 0.717) is 12.0 Å². The van der Waals surface area contributed by atoms with Crippen LogP contribution in [0.3, 0.4) is 0 Å². The van der Waals surface area contributed by atoms with Gasteiger partial charge in [-0.05, 0) is 54.1 Å². The van der Waals surface area contributed by atoms with Crippen molar-refractivity contribution in [2.75, 3.05) is 0 Å². The molecule has 0 aliphatic carbocycles. The van der Waals surface area contributed by atoms with E-state index in [4.69, 9.17) is 9.16 Å². The lowest BCUT2D eigenvalue weighted by molar-refractivity contribution is -0.107. The highest BCUT2D eigenvalue weighted by Crippen LogP contribution is 2.44. The molecule has 0 bridgehead atoms. The number of carbonyl (C=O) groups excluding carboxylic acids is 2. The fourth-order valence-electron chi connectivity index (χ4n) is 3.65. The first-order valence-corrected chi connectivity index (χ1v) is 10.8. The van der Waals surface area contributed by atoms with Gasteiger partial charge in [0.25, 0.3) is 0 Å². The Morgan fingerprint density at radius 3 is 2.33 bits per heavy atom. The second-order valence-corrected chi connectivity index (χ2v) is 9.54. The normalized spacial score (nSPS) is 17.2. The summed E-state index contributed by atoms with van der Waals surface area (Å²) in [6.07, 6.45) is 1.43. The van der Waals surface area contributed by atoms with E-state index >= 15 is 0 Å². The van der Waals surface area contributed by atoms with Gasteiger partial charge in [-0.15, -0.1) is 0 Å². The summed E-state index contributed by atoms with van der Waals surface area (Å²) in [5.74, 6) is -0.332. The topological polar surface area (TPSA) is 52.6 Å². The average Bonchev–Trinajstić information content (AvgIpc) is 2.74. The van der Waals surface area contributed by atoms with Crippen molar-refractivity contribution in [2.45, 2.75) is 72.3 Å². The average molecular weight is 348 g/mol. The SMILES string of the molecule is CCc1c(C)c2c(c(C(C)(C)C)c1CC=O)C(=O)OC2O[Si](C)C. The molecule has 1 atom stereocenters. The maximum Gasteiger partial charge on any atom is 0.341 e. The van der Waals surface area contributed by atoms with E-state index in [9.17, 15) is 9.59 Å². The van der Waals surface area contributed by atoms with Gasteiger partial charge in [0.05, 0.1) is 5.56 Å². The smallest absolute Gasteiger partial charge is 0.341 e. The molecule has 1 aromatic rings. The Bertz CT molecular complexity index is 671. The molecule has 0 spiro atoms. The second kappa shape index (κ2) is 6.80. The quantitative estimate of drug-likeness (QED) is 0.458. The third-order valence-electron chi connectivity index (χ3n) is 4.43. The molecule has 1 heterocycles. The highest BCUT2D eigenvalue weighted by molar-refractivity contribution is 6.48. The molecule has 0 N–H and O–H groups in total. The van der Waals surface area contributed by atoms with Crippen LogP contribution < -0.4 is 0 Å². The molecule has 0 saturated heterocycles. The Kier molecular flexibility index (Phi) is 5.35. The summed E-state index contributed by atoms with van der Waals surface area (Å²) in [6, 6.07) is 0. The van der Waals surface area contributed by atoms with E-state index in [2.05, 4.69) is 27.7 Å². The monoisotopic (exact) mass is 347 g/mol. The fourth-order valence-corrected chi connectivity index (χ4v) is 4.24. The zero-order chi connectivity index (χ0) is 18.2. The predicted molar refractivity (Wildman–Crippen MR) is 95.7 cm³/mol. The fraction of sp³-hybridized carbons (Fsp3) is 0.579. The van der Waals surface area contributed by atoms with Gasteiger partial charge in [-0.3, -0.25) is 0 Å². The molecule has 0 aromatic heterocycles. The number of hydrogen-bond acceptors (Lipinski definition) is 4. The van der Waals surface area contributed by atoms with Crippen molar-refractivity contribution in [3.63, 3.8) is 0 Å². The van der Waals surface area contributed by atoms with Crippen LogP contribution in [0.1, 0.15) is 72.2 Å². The van der Waals surface area contributed by atoms with Crippen molar-refractivity contribution in [1.29, 1.82) is 0 Å². The van der Waals surface area contributed by atoms with Crippen molar-refractivity contribution in [1.82, 2.24) is 0 Å². The van der Waals surface area contributed by atoms with Crippen molar-refractivity contribution < 1.29 is 18.8 Å². The van der Waals surface area contributed by atoms with Crippen molar-refractivity contribution in [3.8, 4) is 0 Å². The standard InChI is InChI=1S/C19H27O4Si/c1-8-12-11(2)14-15(17(21)22-18(14)23-24(6)7)16(19(3,4)5)13(12)9-10-20/h10,18H,8-9H2,1-7H3. The van der Waals surface area contributed by atoms with Crippen LogP contribution in [0.4, 0.5) is 0 Å². The van der Waals surface area contributed by atoms with Gasteiger partial charge in [-0.2, -0.15) is 0 Å². The van der Waals surface area contributed by atoms with Crippen LogP contribution in [0.2, 0.25) is 13.1 Å². The summed E-state index contributed by atoms with van der Waals surface area (Å²) >= 11 is 0. The first kappa shape index (κ1) is 18.9. The molecule has 1 aliphatic heterocycles. The van der Waals surface area contributed by atoms with E-state index in [1.807, 2.05) is 20.0 Å². The zero-order valence-electron chi connectivity index (χ0n) is 15.7. The van der Waals surface area contributed by atoms with Crippen LogP contribution in [0.25, 0.3) is 0 Å². The highest BCUT2D eigenvalue weighted by Gasteiger charge is 2.41. The van der Waals surface area contributed by atoms with E-state index in [-0.39, 0.29) is 11.4 Å². The van der Waals surface area contributed by atoms with Crippen LogP contribution in [-0.2, 0) is 32.2 Å². The lowest BCUT2D eigenvalue weighted by Crippen LogP contribution is -2.22. The lowest BCUT2D eigenvalue weighted by atomic mass is 9.75. The maximum absolute atomic E-state index is 12.7. The van der Waals surface area contributed by atoms with Gasteiger partial charge in [-0.25, -0.2) is 4.79 Å². The minimum Gasteiger partial charge on any atom is -0.429 e. The minimum absolute atomic E-state index is 0.264. The molecule has 0 saturated carbocycles. The molecule has 24 heavy (non-hydrogen) atoms. The van der Waals surface area contributed by atoms with Crippen molar-refractivity contribution >= 4 is 21.3 Å². The van der Waals surface area contributed by atoms with E-state index < -0.39 is 15.3 Å². The summed E-state index contributed by atoms with van der Waals surface area (Å²) in [6.45, 7) is 14.4. The summed E-state index contributed by atoms with van der Waals surface area (Å²) in [7, 11) is -1.02. The Hall–Kier alpha value is -1.46. The summed E-state index contributed by atoms with van der Waals surface area (Å²) in [4.78, 5) is 23.9. The molecule has 0 amide bonds. The minimum atomic E-state index is -1.02. The highest BCUT2D eigenvalue weighted by atomic mass is 28.3. The molecule has 4 nitrogen and oxygen atoms in total. The van der Waals surface area contributed by atoms with Crippen molar-refractivity contribution in [3.05, 3.63) is 33.4 Å². The largest absolute Gasteiger partial charge is 0.429 e. The Morgan fingerprint density at radius 1 is 1.25 bits per heavy atom. The first-order valence-electron chi connectivity index (χ1n) is 8.43. The van der Waals surface area contributed by atoms with Gasteiger partial charge < -0.3 is 14.0 Å². The zero-order valence-corrected chi connectivity index (χ0v) is 16.7. The van der Waals surface area contributed by atoms with Gasteiger partial charge in [0, 0.05) is 12.0 Å². The first-order chi connectivity index (χ1) is 11.1. The Balaban J connectivity index is 2.86. The van der Waals surface area contributed by atoms with Gasteiger partial charge in [0.15, 0.2) is 0 Å². The molecule has 1 aliphatic rings. The number of ether oxygens (including phenoxy) is 1. The van der Waals surface area contributed by atoms with E-state index in [1.165, 1.54) is 0 Å². The number of cyclic esters (lactones) is 1. The van der Waals surface area contributed by atoms with Gasteiger partial charge in [-0.1, -0.05) is 27.7 Å². The Labute approximate surface area is 146 Å². The number of esters is 1. The van der Waals surface area contributed by atoms with E-state index in [0.717, 1.165) is 40.5 Å². The molecule has 2 rings (SSSR count). The van der Waals surface area contributed by atoms with Crippen LogP contribution in [0.15, 0.2) is 0 Å². The molecule has 131 valence electrons. The summed E-state index contributed by atoms with van der Waals surface area (Å²) in [5.41, 5.74) is 5.29. The number of carbonyl (C=O) groups is 2. The lowest BCUT2D eigenvalue weighted by Gasteiger charge is -2.28. The second-order valence-electron chi connectivity index (χ2n) is 7.48. The van der Waals surface area contributed by atoms with Crippen LogP contribution in [0.5, 0.6) is 0 Å². The number of benzene rings is 1. The maximum atomic E-state index is 12.7. The van der Waals surface area contributed by atoms with E-state index in [1.54, 1.807) is 0 Å². The molecular weight excluding hydrogens is 320 g/mol. The summed E-state index contributed by atoms with van der Waals surface area (Å²) in [5, 5.41) is 0. The molecule has 1 unspecified atom stereocenters. The Morgan fingerprint density at radius 2 is 1.88 bits per heavy atom. The third-order valence-corrected chi connectivity index (χ3v) is 5.12. The third kappa shape index (κ3) is 3.19. The predicted octanol–water partition coefficient (Wildman–Crippen LogP) is 4.03. The summed E-state index contributed by atoms with van der Waals surface area (Å²) < 4.78 is 11.5. The molecule has 1 radical (unpaired) electrons. The number of hydrogen-bond donors (Lipinski definition) is 0. The number of fused-ring (bicyclic) bond motifs is 1. The molecule has 5 heteroatoms. The number of rotatable bonds is 5. The van der Waals surface area contributed by atoms with Crippen LogP contribution in [-0.4, -0.2) is 21.3 Å². The van der Waals surface area contributed by atoms with Gasteiger partial charge >= 0.3 is 5.97 Å². The van der Waals surface area contributed by atoms with Gasteiger partial charge in [0.2, 0.25) is 15.3 Å². The van der Waals surface area contributed by atoms with Crippen molar-refractivity contribution in [2.24, 2.45) is 0 Å². The number of aldehydes is 1. The molecule has 1 aromatic carbocycles. The van der Waals surface area contributed by atoms with Crippen LogP contribution >= 0.6 is 0 Å². The van der Waals surface area contributed by atoms with Crippen LogP contribution in [0, 0.1) is 6.92 Å².